The third kappa shape index (κ3) is 2.81. The predicted molar refractivity (Wildman–Crippen MR) is 74.8 cm³/mol. The van der Waals surface area contributed by atoms with Crippen LogP contribution in [0, 0.1) is 0 Å². The van der Waals surface area contributed by atoms with E-state index in [-0.39, 0.29) is 17.9 Å². The largest absolute Gasteiger partial charge is 0.396 e. The fourth-order valence-corrected chi connectivity index (χ4v) is 2.57. The van der Waals surface area contributed by atoms with Crippen molar-refractivity contribution >= 4 is 23.3 Å². The van der Waals surface area contributed by atoms with Gasteiger partial charge in [-0.3, -0.25) is 4.79 Å². The van der Waals surface area contributed by atoms with E-state index >= 15 is 0 Å². The van der Waals surface area contributed by atoms with Crippen molar-refractivity contribution in [1.29, 1.82) is 0 Å². The maximum absolute atomic E-state index is 13.0. The topological polar surface area (TPSA) is 46.9 Å². The van der Waals surface area contributed by atoms with Crippen molar-refractivity contribution in [3.05, 3.63) is 46.6 Å². The van der Waals surface area contributed by atoms with Gasteiger partial charge in [0.25, 0.3) is 0 Å². The molecule has 1 aliphatic rings. The Morgan fingerprint density at radius 2 is 2.00 bits per heavy atom. The molecule has 1 aromatic carbocycles. The van der Waals surface area contributed by atoms with E-state index in [0.29, 0.717) is 5.02 Å². The molecule has 1 aliphatic heterocycles. The van der Waals surface area contributed by atoms with E-state index in [0.717, 1.165) is 5.56 Å². The van der Waals surface area contributed by atoms with Crippen molar-refractivity contribution in [1.82, 2.24) is 9.78 Å². The van der Waals surface area contributed by atoms with Crippen LogP contribution in [0.4, 0.5) is 19.0 Å². The van der Waals surface area contributed by atoms with E-state index in [9.17, 15) is 18.0 Å². The zero-order valence-corrected chi connectivity index (χ0v) is 11.9. The summed E-state index contributed by atoms with van der Waals surface area (Å²) in [5, 5.41) is 7.03. The van der Waals surface area contributed by atoms with Crippen molar-refractivity contribution in [3.8, 4) is 0 Å². The summed E-state index contributed by atoms with van der Waals surface area (Å²) in [6, 6.07) is 6.87. The number of rotatable bonds is 2. The number of hydrogen-bond donors (Lipinski definition) is 1. The van der Waals surface area contributed by atoms with E-state index < -0.39 is 24.4 Å². The first-order valence-corrected chi connectivity index (χ1v) is 6.89. The minimum atomic E-state index is -4.47. The summed E-state index contributed by atoms with van der Waals surface area (Å²) in [6.45, 7) is 0.247. The van der Waals surface area contributed by atoms with Crippen LogP contribution in [0.1, 0.15) is 23.5 Å². The van der Waals surface area contributed by atoms with E-state index in [1.807, 2.05) is 0 Å². The molecule has 1 amide bonds. The number of anilines is 1. The van der Waals surface area contributed by atoms with Crippen molar-refractivity contribution in [3.63, 3.8) is 0 Å². The number of nitrogens with zero attached hydrogens (tertiary/aromatic N) is 2. The monoisotopic (exact) mass is 329 g/mol. The zero-order chi connectivity index (χ0) is 15.9. The number of fused-ring (bicyclic) bond motifs is 1. The number of alkyl halides is 3. The average molecular weight is 330 g/mol. The van der Waals surface area contributed by atoms with Crippen molar-refractivity contribution in [2.24, 2.45) is 0 Å². The van der Waals surface area contributed by atoms with Crippen LogP contribution < -0.4 is 5.32 Å². The number of benzene rings is 1. The van der Waals surface area contributed by atoms with Gasteiger partial charge in [-0.15, -0.1) is 0 Å². The molecule has 0 saturated carbocycles. The van der Waals surface area contributed by atoms with Crippen LogP contribution >= 0.6 is 11.6 Å². The van der Waals surface area contributed by atoms with E-state index in [1.165, 1.54) is 10.9 Å². The first-order valence-electron chi connectivity index (χ1n) is 6.51. The Morgan fingerprint density at radius 1 is 1.32 bits per heavy atom. The number of carbonyl (C=O) groups excluding carboxylic acids is 1. The molecule has 1 atom stereocenters. The number of halogens is 4. The number of hydrogen-bond acceptors (Lipinski definition) is 2. The van der Waals surface area contributed by atoms with Crippen LogP contribution in [0.2, 0.25) is 5.02 Å². The Kier molecular flexibility index (Phi) is 3.60. The summed E-state index contributed by atoms with van der Waals surface area (Å²) in [7, 11) is 0. The summed E-state index contributed by atoms with van der Waals surface area (Å²) in [6.07, 6.45) is -3.91. The highest BCUT2D eigenvalue weighted by atomic mass is 35.5. The van der Waals surface area contributed by atoms with E-state index in [2.05, 4.69) is 10.4 Å². The van der Waals surface area contributed by atoms with Gasteiger partial charge in [0, 0.05) is 17.0 Å². The third-order valence-corrected chi connectivity index (χ3v) is 3.78. The molecular weight excluding hydrogens is 319 g/mol. The summed E-state index contributed by atoms with van der Waals surface area (Å²) in [4.78, 5) is 11.6. The Bertz CT molecular complexity index is 709. The zero-order valence-electron chi connectivity index (χ0n) is 11.2. The highest BCUT2D eigenvalue weighted by molar-refractivity contribution is 6.30. The fourth-order valence-electron chi connectivity index (χ4n) is 2.44. The summed E-state index contributed by atoms with van der Waals surface area (Å²) in [5.74, 6) is -2.36. The predicted octanol–water partition coefficient (Wildman–Crippen LogP) is 3.57. The van der Waals surface area contributed by atoms with Crippen LogP contribution in [0.15, 0.2) is 30.5 Å². The molecule has 0 unspecified atom stereocenters. The average Bonchev–Trinajstić information content (AvgIpc) is 2.82. The first kappa shape index (κ1) is 14.9. The molecule has 2 aromatic rings. The van der Waals surface area contributed by atoms with Crippen LogP contribution in [-0.2, 0) is 11.3 Å². The highest BCUT2D eigenvalue weighted by Crippen LogP contribution is 2.43. The van der Waals surface area contributed by atoms with Gasteiger partial charge in [-0.2, -0.15) is 18.3 Å². The van der Waals surface area contributed by atoms with Gasteiger partial charge in [-0.05, 0) is 17.7 Å². The molecule has 0 radical (unpaired) electrons. The molecule has 8 heteroatoms. The third-order valence-electron chi connectivity index (χ3n) is 3.53. The lowest BCUT2D eigenvalue weighted by Gasteiger charge is -2.25. The lowest BCUT2D eigenvalue weighted by molar-refractivity contribution is -0.156. The Balaban J connectivity index is 1.94. The molecule has 0 spiro atoms. The fraction of sp³-hybridized carbons (Fsp3) is 0.286. The molecule has 1 N–H and O–H groups in total. The molecular formula is C14H11ClF3N3O. The Morgan fingerprint density at radius 3 is 2.64 bits per heavy atom. The molecule has 3 rings (SSSR count). The van der Waals surface area contributed by atoms with Crippen LogP contribution in [-0.4, -0.2) is 21.9 Å². The van der Waals surface area contributed by atoms with Crippen molar-refractivity contribution in [2.45, 2.75) is 25.1 Å². The molecule has 0 bridgehead atoms. The second kappa shape index (κ2) is 5.31. The minimum Gasteiger partial charge on any atom is -0.311 e. The van der Waals surface area contributed by atoms with E-state index in [4.69, 9.17) is 11.6 Å². The molecule has 116 valence electrons. The first-order chi connectivity index (χ1) is 10.3. The molecule has 0 aliphatic carbocycles. The van der Waals surface area contributed by atoms with E-state index in [1.54, 1.807) is 24.3 Å². The van der Waals surface area contributed by atoms with Crippen LogP contribution in [0.5, 0.6) is 0 Å². The van der Waals surface area contributed by atoms with Gasteiger partial charge < -0.3 is 5.32 Å². The maximum Gasteiger partial charge on any atom is 0.396 e. The number of carbonyl (C=O) groups is 1. The SMILES string of the molecule is O=C1C[C@@H](C(F)(F)F)c2cnn(Cc3ccc(Cl)cc3)c2N1. The number of aromatic nitrogens is 2. The second-order valence-electron chi connectivity index (χ2n) is 5.08. The maximum atomic E-state index is 13.0. The number of amides is 1. The molecule has 22 heavy (non-hydrogen) atoms. The molecule has 1 aromatic heterocycles. The molecule has 0 fully saturated rings. The van der Waals surface area contributed by atoms with Gasteiger partial charge in [-0.1, -0.05) is 23.7 Å². The van der Waals surface area contributed by atoms with Gasteiger partial charge in [0.05, 0.1) is 18.7 Å². The molecule has 4 nitrogen and oxygen atoms in total. The second-order valence-corrected chi connectivity index (χ2v) is 5.52. The quantitative estimate of drug-likeness (QED) is 0.915. The van der Waals surface area contributed by atoms with Crippen molar-refractivity contribution < 1.29 is 18.0 Å². The van der Waals surface area contributed by atoms with Gasteiger partial charge in [0.2, 0.25) is 5.91 Å². The van der Waals surface area contributed by atoms with Gasteiger partial charge in [0.1, 0.15) is 5.82 Å². The lowest BCUT2D eigenvalue weighted by Crippen LogP contribution is -2.32. The number of nitrogens with one attached hydrogen (secondary N) is 1. The summed E-state index contributed by atoms with van der Waals surface area (Å²) >= 11 is 5.79. The Labute approximate surface area is 128 Å². The smallest absolute Gasteiger partial charge is 0.311 e. The van der Waals surface area contributed by atoms with Gasteiger partial charge in [0.15, 0.2) is 0 Å². The summed E-state index contributed by atoms with van der Waals surface area (Å²) < 4.78 is 40.5. The normalized spacial score (nSPS) is 18.0. The Hall–Kier alpha value is -2.02. The minimum absolute atomic E-state index is 0.000985. The van der Waals surface area contributed by atoms with Crippen LogP contribution in [0.3, 0.4) is 0 Å². The molecule has 2 heterocycles. The molecule has 0 saturated heterocycles. The summed E-state index contributed by atoms with van der Waals surface area (Å²) in [5.41, 5.74) is 0.819. The van der Waals surface area contributed by atoms with Gasteiger partial charge in [-0.25, -0.2) is 4.68 Å². The van der Waals surface area contributed by atoms with Gasteiger partial charge >= 0.3 is 6.18 Å². The standard InChI is InChI=1S/C14H11ClF3N3O/c15-9-3-1-8(2-4-9)7-21-13-10(6-19-21)11(14(16,17)18)5-12(22)20-13/h1-4,6,11H,5,7H2,(H,20,22)/t11-/m1/s1. The van der Waals surface area contributed by atoms with Crippen LogP contribution in [0.25, 0.3) is 0 Å². The lowest BCUT2D eigenvalue weighted by atomic mass is 9.94. The van der Waals surface area contributed by atoms with Crippen molar-refractivity contribution in [2.75, 3.05) is 5.32 Å². The highest BCUT2D eigenvalue weighted by Gasteiger charge is 2.46.